The van der Waals surface area contributed by atoms with Gasteiger partial charge in [0.25, 0.3) is 0 Å². The molecule has 0 aliphatic heterocycles. The second-order valence-electron chi connectivity index (χ2n) is 8.35. The number of alkyl halides is 3. The minimum Gasteiger partial charge on any atom is -0.400 e. The van der Waals surface area contributed by atoms with Crippen molar-refractivity contribution in [3.8, 4) is 6.07 Å². The number of hydrogen-bond donors (Lipinski definition) is 0. The molecule has 0 saturated heterocycles. The molecule has 0 spiro atoms. The average molecular weight is 413 g/mol. The lowest BCUT2D eigenvalue weighted by Crippen LogP contribution is -2.52. The average Bonchev–Trinajstić information content (AvgIpc) is 2.62. The highest BCUT2D eigenvalue weighted by molar-refractivity contribution is 6.69. The third-order valence-corrected chi connectivity index (χ3v) is 6.04. The molecule has 0 bridgehead atoms. The maximum Gasteiger partial charge on any atom is 0.471 e. The smallest absolute Gasteiger partial charge is 0.400 e. The van der Waals surface area contributed by atoms with Crippen molar-refractivity contribution >= 4 is 14.2 Å². The van der Waals surface area contributed by atoms with Crippen LogP contribution in [0.5, 0.6) is 0 Å². The van der Waals surface area contributed by atoms with E-state index < -0.39 is 38.1 Å². The molecule has 28 heavy (non-hydrogen) atoms. The van der Waals surface area contributed by atoms with E-state index in [2.05, 4.69) is 6.07 Å². The largest absolute Gasteiger partial charge is 0.471 e. The summed E-state index contributed by atoms with van der Waals surface area (Å²) < 4.78 is 46.0. The number of hydrogen-bond acceptors (Lipinski definition) is 3. The molecule has 1 saturated carbocycles. The first-order chi connectivity index (χ1) is 12.9. The number of halogens is 3. The Morgan fingerprint density at radius 2 is 1.79 bits per heavy atom. The minimum absolute atomic E-state index is 0.303. The summed E-state index contributed by atoms with van der Waals surface area (Å²) in [6, 6.07) is 9.64. The molecule has 1 atom stereocenters. The summed E-state index contributed by atoms with van der Waals surface area (Å²) in [4.78, 5) is 13.2. The van der Waals surface area contributed by atoms with Crippen LogP contribution in [0.2, 0.25) is 19.6 Å². The van der Waals surface area contributed by atoms with E-state index in [1.54, 1.807) is 37.3 Å². The van der Waals surface area contributed by atoms with Crippen LogP contribution >= 0.6 is 0 Å². The number of nitriles is 1. The Hall–Kier alpha value is -1.85. The number of rotatable bonds is 5. The van der Waals surface area contributed by atoms with Crippen molar-refractivity contribution in [1.82, 2.24) is 4.90 Å². The summed E-state index contributed by atoms with van der Waals surface area (Å²) in [6.07, 6.45) is -3.70. The van der Waals surface area contributed by atoms with Gasteiger partial charge in [0.2, 0.25) is 0 Å². The Bertz CT molecular complexity index is 718. The zero-order valence-corrected chi connectivity index (χ0v) is 17.7. The Morgan fingerprint density at radius 3 is 2.21 bits per heavy atom. The van der Waals surface area contributed by atoms with E-state index >= 15 is 0 Å². The molecular formula is C20H27F3N2O2Si. The number of benzene rings is 1. The minimum atomic E-state index is -4.94. The molecule has 1 aliphatic carbocycles. The van der Waals surface area contributed by atoms with Crippen molar-refractivity contribution in [3.63, 3.8) is 0 Å². The Kier molecular flexibility index (Phi) is 6.61. The summed E-state index contributed by atoms with van der Waals surface area (Å²) in [6.45, 7) is 7.56. The van der Waals surface area contributed by atoms with Crippen molar-refractivity contribution in [2.45, 2.75) is 76.1 Å². The fourth-order valence-electron chi connectivity index (χ4n) is 3.87. The van der Waals surface area contributed by atoms with Crippen molar-refractivity contribution in [2.75, 3.05) is 0 Å². The predicted octanol–water partition coefficient (Wildman–Crippen LogP) is 5.19. The molecule has 154 valence electrons. The van der Waals surface area contributed by atoms with E-state index in [0.29, 0.717) is 31.2 Å². The lowest BCUT2D eigenvalue weighted by molar-refractivity contribution is -0.191. The standard InChI is InChI=1S/C20H27F3N2O2Si/c1-15(16-8-6-5-7-9-16)25(18(26)20(21,22)23)17-10-12-19(14-24,13-11-17)27-28(2,3)4/h5-9,15,17H,10-13H2,1-4H3/t15-,17?,19?/m0/s1. The van der Waals surface area contributed by atoms with E-state index in [9.17, 15) is 23.2 Å². The lowest BCUT2D eigenvalue weighted by Gasteiger charge is -2.44. The first kappa shape index (κ1) is 22.4. The Labute approximate surface area is 165 Å². The molecule has 0 N–H and O–H groups in total. The van der Waals surface area contributed by atoms with Crippen LogP contribution in [-0.2, 0) is 9.22 Å². The Morgan fingerprint density at radius 1 is 1.25 bits per heavy atom. The number of nitrogens with zero attached hydrogens (tertiary/aromatic N) is 2. The van der Waals surface area contributed by atoms with Crippen LogP contribution in [0.25, 0.3) is 0 Å². The van der Waals surface area contributed by atoms with E-state index in [1.165, 1.54) is 0 Å². The maximum atomic E-state index is 13.3. The molecule has 1 fully saturated rings. The first-order valence-corrected chi connectivity index (χ1v) is 12.9. The van der Waals surface area contributed by atoms with Crippen molar-refractivity contribution in [1.29, 1.82) is 5.26 Å². The summed E-state index contributed by atoms with van der Waals surface area (Å²) >= 11 is 0. The van der Waals surface area contributed by atoms with Gasteiger partial charge in [-0.2, -0.15) is 18.4 Å². The predicted molar refractivity (Wildman–Crippen MR) is 103 cm³/mol. The number of carbonyl (C=O) groups is 1. The van der Waals surface area contributed by atoms with Gasteiger partial charge < -0.3 is 9.33 Å². The molecule has 1 amide bonds. The van der Waals surface area contributed by atoms with Crippen LogP contribution in [-0.4, -0.2) is 36.9 Å². The normalized spacial score (nSPS) is 24.3. The summed E-state index contributed by atoms with van der Waals surface area (Å²) in [5.41, 5.74) is -0.320. The summed E-state index contributed by atoms with van der Waals surface area (Å²) in [7, 11) is -2.00. The highest BCUT2D eigenvalue weighted by Gasteiger charge is 2.49. The first-order valence-electron chi connectivity index (χ1n) is 9.44. The maximum absolute atomic E-state index is 13.3. The fourth-order valence-corrected chi connectivity index (χ4v) is 5.29. The molecule has 8 heteroatoms. The quantitative estimate of drug-likeness (QED) is 0.625. The van der Waals surface area contributed by atoms with Gasteiger partial charge in [0.05, 0.1) is 12.1 Å². The zero-order valence-electron chi connectivity index (χ0n) is 16.7. The van der Waals surface area contributed by atoms with Gasteiger partial charge in [-0.25, -0.2) is 0 Å². The van der Waals surface area contributed by atoms with Crippen LogP contribution in [0.15, 0.2) is 30.3 Å². The van der Waals surface area contributed by atoms with Gasteiger partial charge in [0.1, 0.15) is 5.60 Å². The van der Waals surface area contributed by atoms with Gasteiger partial charge in [-0.3, -0.25) is 4.79 Å². The highest BCUT2D eigenvalue weighted by Crippen LogP contribution is 2.39. The summed E-state index contributed by atoms with van der Waals surface area (Å²) in [5, 5.41) is 9.64. The third-order valence-electron chi connectivity index (χ3n) is 5.04. The molecule has 1 aromatic rings. The van der Waals surface area contributed by atoms with Gasteiger partial charge in [0, 0.05) is 6.04 Å². The van der Waals surface area contributed by atoms with Gasteiger partial charge in [-0.05, 0) is 57.8 Å². The van der Waals surface area contributed by atoms with Gasteiger partial charge >= 0.3 is 12.1 Å². The second-order valence-corrected chi connectivity index (χ2v) is 12.8. The lowest BCUT2D eigenvalue weighted by atomic mass is 9.82. The molecule has 0 heterocycles. The molecule has 2 rings (SSSR count). The number of carbonyl (C=O) groups excluding carboxylic acids is 1. The molecule has 4 nitrogen and oxygen atoms in total. The molecule has 1 aliphatic rings. The van der Waals surface area contributed by atoms with Crippen LogP contribution in [0.1, 0.15) is 44.2 Å². The van der Waals surface area contributed by atoms with Crippen molar-refractivity contribution in [2.24, 2.45) is 0 Å². The SMILES string of the molecule is C[C@@H](c1ccccc1)N(C(=O)C(F)(F)F)C1CCC(C#N)(O[Si](C)(C)C)CC1. The van der Waals surface area contributed by atoms with Crippen LogP contribution in [0.3, 0.4) is 0 Å². The topological polar surface area (TPSA) is 53.3 Å². The van der Waals surface area contributed by atoms with E-state index in [-0.39, 0.29) is 0 Å². The monoisotopic (exact) mass is 412 g/mol. The second kappa shape index (κ2) is 8.25. The van der Waals surface area contributed by atoms with E-state index in [1.807, 2.05) is 19.6 Å². The van der Waals surface area contributed by atoms with Crippen LogP contribution in [0.4, 0.5) is 13.2 Å². The molecular weight excluding hydrogens is 385 g/mol. The Balaban J connectivity index is 2.26. The third kappa shape index (κ3) is 5.36. The highest BCUT2D eigenvalue weighted by atomic mass is 28.4. The molecule has 0 unspecified atom stereocenters. The van der Waals surface area contributed by atoms with Crippen molar-refractivity contribution < 1.29 is 22.4 Å². The van der Waals surface area contributed by atoms with Crippen molar-refractivity contribution in [3.05, 3.63) is 35.9 Å². The van der Waals surface area contributed by atoms with Crippen LogP contribution < -0.4 is 0 Å². The van der Waals surface area contributed by atoms with Gasteiger partial charge in [0.15, 0.2) is 8.32 Å². The molecule has 1 aromatic carbocycles. The number of amides is 1. The molecule has 0 aromatic heterocycles. The summed E-state index contributed by atoms with van der Waals surface area (Å²) in [5.74, 6) is -1.83. The zero-order chi connectivity index (χ0) is 21.2. The van der Waals surface area contributed by atoms with Gasteiger partial charge in [-0.1, -0.05) is 30.3 Å². The van der Waals surface area contributed by atoms with Gasteiger partial charge in [-0.15, -0.1) is 0 Å². The van der Waals surface area contributed by atoms with E-state index in [4.69, 9.17) is 4.43 Å². The molecule has 0 radical (unpaired) electrons. The fraction of sp³-hybridized carbons (Fsp3) is 0.600. The van der Waals surface area contributed by atoms with Crippen LogP contribution in [0, 0.1) is 11.3 Å². The van der Waals surface area contributed by atoms with E-state index in [0.717, 1.165) is 4.90 Å².